The van der Waals surface area contributed by atoms with E-state index >= 15 is 0 Å². The van der Waals surface area contributed by atoms with E-state index in [1.165, 1.54) is 0 Å². The Morgan fingerprint density at radius 2 is 2.00 bits per heavy atom. The number of aryl methyl sites for hydroxylation is 1. The van der Waals surface area contributed by atoms with Crippen LogP contribution in [0.4, 0.5) is 5.82 Å². The fourth-order valence-electron chi connectivity index (χ4n) is 1.78. The van der Waals surface area contributed by atoms with E-state index in [-0.39, 0.29) is 12.5 Å². The second-order valence-electron chi connectivity index (χ2n) is 4.58. The summed E-state index contributed by atoms with van der Waals surface area (Å²) in [6, 6.07) is 13.0. The van der Waals surface area contributed by atoms with Crippen molar-refractivity contribution < 1.29 is 9.90 Å². The summed E-state index contributed by atoms with van der Waals surface area (Å²) in [5, 5.41) is 11.4. The minimum atomic E-state index is -0.217. The van der Waals surface area contributed by atoms with Crippen LogP contribution >= 0.6 is 0 Å². The normalized spacial score (nSPS) is 9.62. The number of anilines is 1. The van der Waals surface area contributed by atoms with Gasteiger partial charge in [0.2, 0.25) is 5.91 Å². The molecule has 0 saturated heterocycles. The number of hydrogen-bond acceptors (Lipinski definition) is 3. The summed E-state index contributed by atoms with van der Waals surface area (Å²) in [6.45, 7) is 1.79. The van der Waals surface area contributed by atoms with Gasteiger partial charge < -0.3 is 10.4 Å². The van der Waals surface area contributed by atoms with Crippen LogP contribution in [0.3, 0.4) is 0 Å². The molecule has 4 heteroatoms. The van der Waals surface area contributed by atoms with Gasteiger partial charge in [0.25, 0.3) is 0 Å². The molecule has 2 rings (SSSR count). The Labute approximate surface area is 123 Å². The van der Waals surface area contributed by atoms with E-state index in [0.29, 0.717) is 17.9 Å². The number of benzene rings is 1. The Morgan fingerprint density at radius 3 is 2.71 bits per heavy atom. The highest BCUT2D eigenvalue weighted by atomic mass is 16.2. The van der Waals surface area contributed by atoms with Crippen LogP contribution in [0.1, 0.15) is 16.8 Å². The minimum Gasteiger partial charge on any atom is -0.384 e. The van der Waals surface area contributed by atoms with Crippen LogP contribution in [-0.2, 0) is 11.2 Å². The lowest BCUT2D eigenvalue weighted by atomic mass is 10.1. The third kappa shape index (κ3) is 4.75. The molecule has 0 aliphatic heterocycles. The highest BCUT2D eigenvalue weighted by Crippen LogP contribution is 2.07. The fourth-order valence-corrected chi connectivity index (χ4v) is 1.78. The molecule has 21 heavy (non-hydrogen) atoms. The van der Waals surface area contributed by atoms with E-state index in [9.17, 15) is 4.79 Å². The smallest absolute Gasteiger partial charge is 0.229 e. The first-order valence-electron chi connectivity index (χ1n) is 6.59. The molecule has 0 radical (unpaired) electrons. The minimum absolute atomic E-state index is 0.126. The van der Waals surface area contributed by atoms with Crippen LogP contribution in [0.15, 0.2) is 42.5 Å². The molecule has 106 valence electrons. The van der Waals surface area contributed by atoms with Gasteiger partial charge in [0.15, 0.2) is 0 Å². The Kier molecular flexibility index (Phi) is 5.08. The molecule has 1 amide bonds. The number of rotatable bonds is 3. The number of amides is 1. The van der Waals surface area contributed by atoms with Crippen molar-refractivity contribution in [3.05, 3.63) is 59.3 Å². The summed E-state index contributed by atoms with van der Waals surface area (Å²) in [5.74, 6) is 5.55. The molecule has 0 aliphatic rings. The molecular formula is C17H16N2O2. The van der Waals surface area contributed by atoms with Crippen molar-refractivity contribution in [1.29, 1.82) is 0 Å². The molecule has 1 aromatic heterocycles. The summed E-state index contributed by atoms with van der Waals surface area (Å²) < 4.78 is 0. The topological polar surface area (TPSA) is 62.2 Å². The number of carbonyl (C=O) groups excluding carboxylic acids is 1. The predicted molar refractivity (Wildman–Crippen MR) is 81.7 cm³/mol. The lowest BCUT2D eigenvalue weighted by molar-refractivity contribution is -0.115. The fraction of sp³-hybridized carbons (Fsp3) is 0.176. The van der Waals surface area contributed by atoms with Crippen molar-refractivity contribution in [3.8, 4) is 11.8 Å². The Hall–Kier alpha value is -2.64. The average Bonchev–Trinajstić information content (AvgIpc) is 2.48. The van der Waals surface area contributed by atoms with Gasteiger partial charge in [-0.25, -0.2) is 4.98 Å². The molecule has 1 aromatic carbocycles. The molecule has 0 spiro atoms. The van der Waals surface area contributed by atoms with E-state index in [4.69, 9.17) is 5.11 Å². The van der Waals surface area contributed by atoms with Crippen LogP contribution in [-0.4, -0.2) is 22.6 Å². The van der Waals surface area contributed by atoms with Crippen LogP contribution in [0.2, 0.25) is 0 Å². The summed E-state index contributed by atoms with van der Waals surface area (Å²) in [5.41, 5.74) is 2.63. The Bertz CT molecular complexity index is 682. The molecule has 0 saturated carbocycles. The number of hydrogen-bond donors (Lipinski definition) is 2. The van der Waals surface area contributed by atoms with E-state index < -0.39 is 0 Å². The van der Waals surface area contributed by atoms with Gasteiger partial charge in [-0.1, -0.05) is 41.8 Å². The summed E-state index contributed by atoms with van der Waals surface area (Å²) >= 11 is 0. The van der Waals surface area contributed by atoms with Crippen LogP contribution < -0.4 is 5.32 Å². The highest BCUT2D eigenvalue weighted by molar-refractivity contribution is 5.91. The highest BCUT2D eigenvalue weighted by Gasteiger charge is 2.05. The molecule has 0 bridgehead atoms. The monoisotopic (exact) mass is 280 g/mol. The molecule has 0 aliphatic carbocycles. The lowest BCUT2D eigenvalue weighted by Crippen LogP contribution is -2.15. The number of pyridine rings is 1. The van der Waals surface area contributed by atoms with Crippen molar-refractivity contribution in [2.75, 3.05) is 11.9 Å². The van der Waals surface area contributed by atoms with Crippen LogP contribution in [0.25, 0.3) is 0 Å². The number of aromatic nitrogens is 1. The van der Waals surface area contributed by atoms with E-state index in [1.807, 2.05) is 31.2 Å². The first-order chi connectivity index (χ1) is 10.2. The first-order valence-corrected chi connectivity index (χ1v) is 6.59. The maximum absolute atomic E-state index is 12.0. The van der Waals surface area contributed by atoms with E-state index in [1.54, 1.807) is 18.2 Å². The maximum Gasteiger partial charge on any atom is 0.229 e. The molecule has 0 fully saturated rings. The van der Waals surface area contributed by atoms with Gasteiger partial charge in [-0.15, -0.1) is 0 Å². The molecule has 4 nitrogen and oxygen atoms in total. The van der Waals surface area contributed by atoms with Crippen molar-refractivity contribution in [2.45, 2.75) is 13.3 Å². The van der Waals surface area contributed by atoms with Gasteiger partial charge in [0, 0.05) is 0 Å². The standard InChI is InChI=1S/C17H16N2O2/c1-13-7-9-14(10-8-13)12-17(21)19-16-6-2-4-15(18-16)5-3-11-20/h2,4,6-10,20H,11-12H2,1H3,(H,18,19,21). The second-order valence-corrected chi connectivity index (χ2v) is 4.58. The molecule has 1 heterocycles. The largest absolute Gasteiger partial charge is 0.384 e. The molecular weight excluding hydrogens is 264 g/mol. The van der Waals surface area contributed by atoms with E-state index in [0.717, 1.165) is 11.1 Å². The quantitative estimate of drug-likeness (QED) is 0.844. The predicted octanol–water partition coefficient (Wildman–Crippen LogP) is 1.92. The summed E-state index contributed by atoms with van der Waals surface area (Å²) in [6.07, 6.45) is 0.300. The molecule has 2 N–H and O–H groups in total. The van der Waals surface area contributed by atoms with Gasteiger partial charge in [0.1, 0.15) is 18.1 Å². The average molecular weight is 280 g/mol. The lowest BCUT2D eigenvalue weighted by Gasteiger charge is -2.05. The van der Waals surface area contributed by atoms with Crippen molar-refractivity contribution in [3.63, 3.8) is 0 Å². The van der Waals surface area contributed by atoms with Gasteiger partial charge >= 0.3 is 0 Å². The van der Waals surface area contributed by atoms with Gasteiger partial charge in [-0.2, -0.15) is 0 Å². The maximum atomic E-state index is 12.0. The van der Waals surface area contributed by atoms with Crippen molar-refractivity contribution in [2.24, 2.45) is 0 Å². The third-order valence-electron chi connectivity index (χ3n) is 2.80. The zero-order chi connectivity index (χ0) is 15.1. The molecule has 2 aromatic rings. The number of nitrogens with zero attached hydrogens (tertiary/aromatic N) is 1. The van der Waals surface area contributed by atoms with Crippen molar-refractivity contribution >= 4 is 11.7 Å². The van der Waals surface area contributed by atoms with Gasteiger partial charge in [-0.05, 0) is 30.5 Å². The SMILES string of the molecule is Cc1ccc(CC(=O)Nc2cccc(C#CCO)n2)cc1. The molecule has 0 unspecified atom stereocenters. The zero-order valence-electron chi connectivity index (χ0n) is 11.8. The third-order valence-corrected chi connectivity index (χ3v) is 2.80. The van der Waals surface area contributed by atoms with Gasteiger partial charge in [0.05, 0.1) is 6.42 Å². The van der Waals surface area contributed by atoms with Gasteiger partial charge in [-0.3, -0.25) is 4.79 Å². The number of aliphatic hydroxyl groups is 1. The number of carbonyl (C=O) groups is 1. The Morgan fingerprint density at radius 1 is 1.24 bits per heavy atom. The summed E-state index contributed by atoms with van der Waals surface area (Å²) in [4.78, 5) is 16.2. The summed E-state index contributed by atoms with van der Waals surface area (Å²) in [7, 11) is 0. The van der Waals surface area contributed by atoms with E-state index in [2.05, 4.69) is 22.1 Å². The van der Waals surface area contributed by atoms with Crippen molar-refractivity contribution in [1.82, 2.24) is 4.98 Å². The van der Waals surface area contributed by atoms with Crippen LogP contribution in [0, 0.1) is 18.8 Å². The number of nitrogens with one attached hydrogen (secondary N) is 1. The molecule has 0 atom stereocenters. The van der Waals surface area contributed by atoms with Crippen LogP contribution in [0.5, 0.6) is 0 Å². The number of aliphatic hydroxyl groups excluding tert-OH is 1. The first kappa shape index (κ1) is 14.8. The Balaban J connectivity index is 2.00. The zero-order valence-corrected chi connectivity index (χ0v) is 11.8. The second kappa shape index (κ2) is 7.22.